The first-order valence-corrected chi connectivity index (χ1v) is 6.27. The third-order valence-electron chi connectivity index (χ3n) is 2.33. The summed E-state index contributed by atoms with van der Waals surface area (Å²) >= 11 is 1.55. The van der Waals surface area contributed by atoms with E-state index in [2.05, 4.69) is 15.3 Å². The molecule has 7 heteroatoms. The molecule has 18 heavy (non-hydrogen) atoms. The number of hydrogen-bond acceptors (Lipinski definition) is 6. The summed E-state index contributed by atoms with van der Waals surface area (Å²) in [6, 6.07) is 1.51. The van der Waals surface area contributed by atoms with Crippen molar-refractivity contribution in [2.75, 3.05) is 17.6 Å². The van der Waals surface area contributed by atoms with Crippen molar-refractivity contribution in [1.82, 2.24) is 9.97 Å². The molecule has 1 amide bonds. The summed E-state index contributed by atoms with van der Waals surface area (Å²) in [6.07, 6.45) is 2.24. The van der Waals surface area contributed by atoms with Crippen molar-refractivity contribution < 1.29 is 4.79 Å². The minimum absolute atomic E-state index is 0.299. The molecule has 2 heterocycles. The lowest BCUT2D eigenvalue weighted by atomic mass is 10.2. The van der Waals surface area contributed by atoms with Gasteiger partial charge in [-0.25, -0.2) is 9.97 Å². The molecule has 2 aromatic heterocycles. The highest BCUT2D eigenvalue weighted by Gasteiger charge is 2.09. The number of nitrogens with two attached hydrogens (primary N) is 2. The monoisotopic (exact) mass is 263 g/mol. The number of nitrogen functional groups attached to an aromatic ring is 1. The van der Waals surface area contributed by atoms with Gasteiger partial charge in [0.25, 0.3) is 5.91 Å². The van der Waals surface area contributed by atoms with E-state index in [0.29, 0.717) is 23.6 Å². The first-order valence-electron chi connectivity index (χ1n) is 5.33. The Morgan fingerprint density at radius 2 is 2.28 bits per heavy atom. The van der Waals surface area contributed by atoms with Crippen LogP contribution in [-0.4, -0.2) is 22.4 Å². The molecule has 0 aromatic carbocycles. The molecule has 0 radical (unpaired) electrons. The van der Waals surface area contributed by atoms with Crippen LogP contribution in [0.5, 0.6) is 0 Å². The molecule has 5 N–H and O–H groups in total. The van der Waals surface area contributed by atoms with Crippen LogP contribution >= 0.6 is 11.3 Å². The highest BCUT2D eigenvalue weighted by molar-refractivity contribution is 7.07. The standard InChI is InChI=1S/C11H13N5OS/c12-7-3-9(10(13)17)11(15-4-7)14-2-1-8-5-18-6-16-8/h3-6H,1-2,12H2,(H2,13,17)(H,14,15). The SMILES string of the molecule is NC(=O)c1cc(N)cnc1NCCc1cscn1. The molecule has 0 saturated heterocycles. The van der Waals surface area contributed by atoms with Gasteiger partial charge in [0.05, 0.1) is 28.7 Å². The summed E-state index contributed by atoms with van der Waals surface area (Å²) in [4.78, 5) is 19.5. The number of nitrogens with one attached hydrogen (secondary N) is 1. The molecular weight excluding hydrogens is 250 g/mol. The molecular formula is C11H13N5OS. The van der Waals surface area contributed by atoms with Crippen LogP contribution in [0.2, 0.25) is 0 Å². The number of hydrogen-bond donors (Lipinski definition) is 3. The van der Waals surface area contributed by atoms with E-state index >= 15 is 0 Å². The molecule has 0 saturated carbocycles. The normalized spacial score (nSPS) is 10.2. The van der Waals surface area contributed by atoms with Crippen molar-refractivity contribution >= 4 is 28.7 Å². The molecule has 0 bridgehead atoms. The van der Waals surface area contributed by atoms with Crippen molar-refractivity contribution in [3.63, 3.8) is 0 Å². The highest BCUT2D eigenvalue weighted by Crippen LogP contribution is 2.14. The minimum atomic E-state index is -0.550. The van der Waals surface area contributed by atoms with Gasteiger partial charge in [-0.15, -0.1) is 11.3 Å². The van der Waals surface area contributed by atoms with Crippen LogP contribution in [0.1, 0.15) is 16.1 Å². The van der Waals surface area contributed by atoms with E-state index in [1.54, 1.807) is 16.8 Å². The number of carbonyl (C=O) groups excluding carboxylic acids is 1. The third-order valence-corrected chi connectivity index (χ3v) is 2.97. The Morgan fingerprint density at radius 1 is 1.44 bits per heavy atom. The summed E-state index contributed by atoms with van der Waals surface area (Å²) < 4.78 is 0. The van der Waals surface area contributed by atoms with Crippen molar-refractivity contribution in [3.8, 4) is 0 Å². The molecule has 2 aromatic rings. The van der Waals surface area contributed by atoms with Gasteiger partial charge in [-0.3, -0.25) is 4.79 Å². The van der Waals surface area contributed by atoms with Crippen LogP contribution in [0.4, 0.5) is 11.5 Å². The van der Waals surface area contributed by atoms with Crippen LogP contribution in [0.25, 0.3) is 0 Å². The van der Waals surface area contributed by atoms with Crippen molar-refractivity contribution in [2.24, 2.45) is 5.73 Å². The van der Waals surface area contributed by atoms with Gasteiger partial charge in [-0.05, 0) is 6.07 Å². The van der Waals surface area contributed by atoms with Gasteiger partial charge < -0.3 is 16.8 Å². The molecule has 0 aliphatic rings. The minimum Gasteiger partial charge on any atom is -0.397 e. The number of thiazole rings is 1. The maximum atomic E-state index is 11.2. The molecule has 0 atom stereocenters. The molecule has 94 valence electrons. The van der Waals surface area contributed by atoms with Gasteiger partial charge in [-0.2, -0.15) is 0 Å². The van der Waals surface area contributed by atoms with Crippen molar-refractivity contribution in [2.45, 2.75) is 6.42 Å². The van der Waals surface area contributed by atoms with Gasteiger partial charge in [0.1, 0.15) is 5.82 Å². The van der Waals surface area contributed by atoms with E-state index < -0.39 is 5.91 Å². The molecule has 2 rings (SSSR count). The second-order valence-corrected chi connectivity index (χ2v) is 4.40. The number of carbonyl (C=O) groups is 1. The molecule has 0 unspecified atom stereocenters. The van der Waals surface area contributed by atoms with E-state index in [1.165, 1.54) is 12.3 Å². The van der Waals surface area contributed by atoms with Gasteiger partial charge >= 0.3 is 0 Å². The van der Waals surface area contributed by atoms with Crippen LogP contribution in [0.15, 0.2) is 23.2 Å². The lowest BCUT2D eigenvalue weighted by Gasteiger charge is -2.08. The Labute approximate surface area is 108 Å². The Morgan fingerprint density at radius 3 is 2.94 bits per heavy atom. The van der Waals surface area contributed by atoms with Gasteiger partial charge in [0, 0.05) is 18.3 Å². The second kappa shape index (κ2) is 5.46. The van der Waals surface area contributed by atoms with E-state index in [-0.39, 0.29) is 0 Å². The average Bonchev–Trinajstić information content (AvgIpc) is 2.84. The number of primary amides is 1. The number of rotatable bonds is 5. The molecule has 0 aliphatic heterocycles. The van der Waals surface area contributed by atoms with E-state index in [1.807, 2.05) is 5.38 Å². The van der Waals surface area contributed by atoms with E-state index in [9.17, 15) is 4.79 Å². The van der Waals surface area contributed by atoms with Crippen LogP contribution in [0.3, 0.4) is 0 Å². The fraction of sp³-hybridized carbons (Fsp3) is 0.182. The zero-order chi connectivity index (χ0) is 13.0. The zero-order valence-electron chi connectivity index (χ0n) is 9.59. The van der Waals surface area contributed by atoms with E-state index in [0.717, 1.165) is 12.1 Å². The quantitative estimate of drug-likeness (QED) is 0.742. The summed E-state index contributed by atoms with van der Waals surface area (Å²) in [5.74, 6) is -0.0992. The fourth-order valence-electron chi connectivity index (χ4n) is 1.48. The maximum Gasteiger partial charge on any atom is 0.252 e. The zero-order valence-corrected chi connectivity index (χ0v) is 10.4. The van der Waals surface area contributed by atoms with Crippen LogP contribution in [0, 0.1) is 0 Å². The Bertz CT molecular complexity index is 540. The molecule has 0 aliphatic carbocycles. The summed E-state index contributed by atoms with van der Waals surface area (Å²) in [5.41, 5.74) is 14.3. The Balaban J connectivity index is 2.02. The van der Waals surface area contributed by atoms with E-state index in [4.69, 9.17) is 11.5 Å². The predicted molar refractivity (Wildman–Crippen MR) is 71.5 cm³/mol. The predicted octanol–water partition coefficient (Wildman–Crippen LogP) is 0.874. The first kappa shape index (κ1) is 12.3. The van der Waals surface area contributed by atoms with Crippen LogP contribution < -0.4 is 16.8 Å². The fourth-order valence-corrected chi connectivity index (χ4v) is 2.07. The lowest BCUT2D eigenvalue weighted by Crippen LogP contribution is -2.17. The number of amides is 1. The third kappa shape index (κ3) is 2.95. The molecule has 0 spiro atoms. The average molecular weight is 263 g/mol. The number of aromatic nitrogens is 2. The highest BCUT2D eigenvalue weighted by atomic mass is 32.1. The Hall–Kier alpha value is -2.15. The number of nitrogens with zero attached hydrogens (tertiary/aromatic N) is 2. The van der Waals surface area contributed by atoms with Gasteiger partial charge in [0.15, 0.2) is 0 Å². The first-order chi connectivity index (χ1) is 8.66. The van der Waals surface area contributed by atoms with Crippen molar-refractivity contribution in [1.29, 1.82) is 0 Å². The number of anilines is 2. The lowest BCUT2D eigenvalue weighted by molar-refractivity contribution is 0.100. The summed E-state index contributed by atoms with van der Waals surface area (Å²) in [5, 5.41) is 5.04. The van der Waals surface area contributed by atoms with Gasteiger partial charge in [0.2, 0.25) is 0 Å². The molecule has 6 nitrogen and oxygen atoms in total. The Kier molecular flexibility index (Phi) is 3.73. The molecule has 0 fully saturated rings. The largest absolute Gasteiger partial charge is 0.397 e. The maximum absolute atomic E-state index is 11.2. The summed E-state index contributed by atoms with van der Waals surface area (Å²) in [7, 11) is 0. The van der Waals surface area contributed by atoms with Crippen molar-refractivity contribution in [3.05, 3.63) is 34.4 Å². The topological polar surface area (TPSA) is 107 Å². The number of pyridine rings is 1. The van der Waals surface area contributed by atoms with Crippen LogP contribution in [-0.2, 0) is 6.42 Å². The van der Waals surface area contributed by atoms with Gasteiger partial charge in [-0.1, -0.05) is 0 Å². The second-order valence-electron chi connectivity index (χ2n) is 3.69. The smallest absolute Gasteiger partial charge is 0.252 e. The summed E-state index contributed by atoms with van der Waals surface area (Å²) in [6.45, 7) is 0.626.